The van der Waals surface area contributed by atoms with Crippen LogP contribution in [0.2, 0.25) is 0 Å². The molecule has 1 N–H and O–H groups in total. The number of carbonyl (C=O) groups is 2. The van der Waals surface area contributed by atoms with Gasteiger partial charge in [0.25, 0.3) is 0 Å². The fourth-order valence-electron chi connectivity index (χ4n) is 1.23. The lowest BCUT2D eigenvalue weighted by Gasteiger charge is -2.12. The van der Waals surface area contributed by atoms with Crippen LogP contribution in [0.3, 0.4) is 0 Å². The van der Waals surface area contributed by atoms with E-state index in [1.54, 1.807) is 14.1 Å². The fraction of sp³-hybridized carbons (Fsp3) is 0.538. The van der Waals surface area contributed by atoms with Gasteiger partial charge >= 0.3 is 0 Å². The Kier molecular flexibility index (Phi) is 8.57. The van der Waals surface area contributed by atoms with Gasteiger partial charge in [0.1, 0.15) is 6.73 Å². The molecule has 0 heterocycles. The second-order valence-corrected chi connectivity index (χ2v) is 4.06. The van der Waals surface area contributed by atoms with Gasteiger partial charge in [0.2, 0.25) is 11.8 Å². The maximum absolute atomic E-state index is 11.5. The number of amides is 2. The highest BCUT2D eigenvalue weighted by Gasteiger charge is 2.07. The van der Waals surface area contributed by atoms with Gasteiger partial charge in [-0.05, 0) is 25.3 Å². The third kappa shape index (κ3) is 7.62. The summed E-state index contributed by atoms with van der Waals surface area (Å²) >= 11 is 0. The molecule has 2 amide bonds. The highest BCUT2D eigenvalue weighted by atomic mass is 16.5. The number of hydrogen-bond donors (Lipinski definition) is 1. The zero-order chi connectivity index (χ0) is 14.0. The molecule has 0 aliphatic carbocycles. The van der Waals surface area contributed by atoms with Gasteiger partial charge in [0.15, 0.2) is 0 Å². The Bertz CT molecular complexity index is 311. The monoisotopic (exact) mass is 254 g/mol. The second-order valence-electron chi connectivity index (χ2n) is 4.06. The Morgan fingerprint density at radius 2 is 2.00 bits per heavy atom. The molecule has 0 aliphatic rings. The van der Waals surface area contributed by atoms with Crippen molar-refractivity contribution in [3.8, 4) is 0 Å². The molecular weight excluding hydrogens is 232 g/mol. The maximum atomic E-state index is 11.5. The van der Waals surface area contributed by atoms with Crippen LogP contribution in [0.15, 0.2) is 24.8 Å². The second kappa shape index (κ2) is 9.41. The van der Waals surface area contributed by atoms with E-state index >= 15 is 0 Å². The number of likely N-dealkylation sites (N-methyl/N-ethyl adjacent to an activating group) is 1. The summed E-state index contributed by atoms with van der Waals surface area (Å²) in [5.41, 5.74) is 0.611. The van der Waals surface area contributed by atoms with Gasteiger partial charge in [0, 0.05) is 26.3 Å². The number of ether oxygens (including phenoxy) is 1. The molecule has 0 bridgehead atoms. The number of rotatable bonds is 9. The van der Waals surface area contributed by atoms with Crippen molar-refractivity contribution in [2.45, 2.75) is 19.3 Å². The molecule has 0 aromatic carbocycles. The van der Waals surface area contributed by atoms with Crippen molar-refractivity contribution in [2.24, 2.45) is 0 Å². The Labute approximate surface area is 108 Å². The van der Waals surface area contributed by atoms with Crippen LogP contribution in [0, 0.1) is 0 Å². The third-order valence-electron chi connectivity index (χ3n) is 2.26. The molecule has 0 radical (unpaired) electrons. The van der Waals surface area contributed by atoms with Crippen molar-refractivity contribution in [2.75, 3.05) is 27.4 Å². The average Bonchev–Trinajstić information content (AvgIpc) is 2.35. The summed E-state index contributed by atoms with van der Waals surface area (Å²) in [5, 5.41) is 2.51. The first kappa shape index (κ1) is 16.4. The molecule has 0 atom stereocenters. The van der Waals surface area contributed by atoms with Crippen LogP contribution in [-0.4, -0.2) is 44.1 Å². The molecule has 0 aliphatic heterocycles. The van der Waals surface area contributed by atoms with Gasteiger partial charge in [0.05, 0.1) is 0 Å². The highest BCUT2D eigenvalue weighted by Crippen LogP contribution is 2.07. The molecule has 0 saturated carbocycles. The number of unbranched alkanes of at least 4 members (excludes halogenated alkanes) is 1. The molecule has 0 saturated heterocycles. The van der Waals surface area contributed by atoms with Crippen LogP contribution in [0.4, 0.5) is 0 Å². The fourth-order valence-corrected chi connectivity index (χ4v) is 1.23. The molecule has 18 heavy (non-hydrogen) atoms. The summed E-state index contributed by atoms with van der Waals surface area (Å²) < 4.78 is 5.19. The van der Waals surface area contributed by atoms with Crippen LogP contribution >= 0.6 is 0 Å². The van der Waals surface area contributed by atoms with Crippen molar-refractivity contribution in [1.82, 2.24) is 10.2 Å². The smallest absolute Gasteiger partial charge is 0.248 e. The Morgan fingerprint density at radius 3 is 2.56 bits per heavy atom. The zero-order valence-electron chi connectivity index (χ0n) is 11.2. The minimum Gasteiger partial charge on any atom is -0.361 e. The quantitative estimate of drug-likeness (QED) is 0.380. The minimum absolute atomic E-state index is 0.0332. The first-order valence-corrected chi connectivity index (χ1v) is 5.86. The first-order valence-electron chi connectivity index (χ1n) is 5.86. The molecule has 0 unspecified atom stereocenters. The molecule has 0 aromatic rings. The van der Waals surface area contributed by atoms with E-state index in [0.29, 0.717) is 18.6 Å². The number of carbonyl (C=O) groups excluding carboxylic acids is 2. The summed E-state index contributed by atoms with van der Waals surface area (Å²) in [4.78, 5) is 23.7. The standard InChI is InChI=1S/C13H22N2O3/c1-5-12(16)14-10-18-9-7-6-8-11(2)13(17)15(3)4/h5H,1-2,6-10H2,3-4H3,(H,14,16). The van der Waals surface area contributed by atoms with Gasteiger partial charge in [-0.15, -0.1) is 0 Å². The zero-order valence-corrected chi connectivity index (χ0v) is 11.2. The van der Waals surface area contributed by atoms with Crippen LogP contribution in [0.5, 0.6) is 0 Å². The topological polar surface area (TPSA) is 58.6 Å². The van der Waals surface area contributed by atoms with E-state index in [0.717, 1.165) is 12.8 Å². The maximum Gasteiger partial charge on any atom is 0.248 e. The molecule has 102 valence electrons. The molecule has 5 nitrogen and oxygen atoms in total. The van der Waals surface area contributed by atoms with Crippen LogP contribution < -0.4 is 5.32 Å². The van der Waals surface area contributed by atoms with Crippen molar-refractivity contribution < 1.29 is 14.3 Å². The summed E-state index contributed by atoms with van der Waals surface area (Å²) in [5.74, 6) is -0.283. The Morgan fingerprint density at radius 1 is 1.33 bits per heavy atom. The van der Waals surface area contributed by atoms with E-state index in [-0.39, 0.29) is 18.5 Å². The van der Waals surface area contributed by atoms with E-state index in [1.165, 1.54) is 11.0 Å². The van der Waals surface area contributed by atoms with Gasteiger partial charge < -0.3 is 15.0 Å². The van der Waals surface area contributed by atoms with Crippen molar-refractivity contribution in [1.29, 1.82) is 0 Å². The Hall–Kier alpha value is -1.62. The highest BCUT2D eigenvalue weighted by molar-refractivity contribution is 5.92. The van der Waals surface area contributed by atoms with Gasteiger partial charge in [-0.25, -0.2) is 0 Å². The van der Waals surface area contributed by atoms with Gasteiger partial charge in [-0.3, -0.25) is 9.59 Å². The minimum atomic E-state index is -0.250. The molecular formula is C13H22N2O3. The SMILES string of the molecule is C=CC(=O)NCOCCCCC(=C)C(=O)N(C)C. The van der Waals surface area contributed by atoms with Gasteiger partial charge in [-0.2, -0.15) is 0 Å². The average molecular weight is 254 g/mol. The van der Waals surface area contributed by atoms with Crippen molar-refractivity contribution in [3.05, 3.63) is 24.8 Å². The summed E-state index contributed by atoms with van der Waals surface area (Å²) in [6.07, 6.45) is 3.52. The van der Waals surface area contributed by atoms with Gasteiger partial charge in [-0.1, -0.05) is 13.2 Å². The molecule has 0 fully saturated rings. The van der Waals surface area contributed by atoms with Crippen LogP contribution in [0.1, 0.15) is 19.3 Å². The van der Waals surface area contributed by atoms with Crippen molar-refractivity contribution in [3.63, 3.8) is 0 Å². The Balaban J connectivity index is 3.46. The number of nitrogens with zero attached hydrogens (tertiary/aromatic N) is 1. The van der Waals surface area contributed by atoms with E-state index in [4.69, 9.17) is 4.74 Å². The normalized spacial score (nSPS) is 9.67. The van der Waals surface area contributed by atoms with E-state index < -0.39 is 0 Å². The number of hydrogen-bond acceptors (Lipinski definition) is 3. The molecule has 0 aromatic heterocycles. The molecule has 0 spiro atoms. The van der Waals surface area contributed by atoms with E-state index in [9.17, 15) is 9.59 Å². The summed E-state index contributed by atoms with van der Waals surface area (Å²) in [6, 6.07) is 0. The first-order chi connectivity index (χ1) is 8.49. The van der Waals surface area contributed by atoms with Crippen LogP contribution in [-0.2, 0) is 14.3 Å². The number of nitrogens with one attached hydrogen (secondary N) is 1. The summed E-state index contributed by atoms with van der Waals surface area (Å²) in [6.45, 7) is 7.80. The van der Waals surface area contributed by atoms with Crippen molar-refractivity contribution >= 4 is 11.8 Å². The predicted molar refractivity (Wildman–Crippen MR) is 70.8 cm³/mol. The lowest BCUT2D eigenvalue weighted by Crippen LogP contribution is -2.24. The largest absolute Gasteiger partial charge is 0.361 e. The molecule has 5 heteroatoms. The van der Waals surface area contributed by atoms with E-state index in [2.05, 4.69) is 18.5 Å². The molecule has 0 rings (SSSR count). The lowest BCUT2D eigenvalue weighted by molar-refractivity contribution is -0.125. The van der Waals surface area contributed by atoms with Crippen LogP contribution in [0.25, 0.3) is 0 Å². The lowest BCUT2D eigenvalue weighted by atomic mass is 10.1. The third-order valence-corrected chi connectivity index (χ3v) is 2.26. The predicted octanol–water partition coefficient (Wildman–Crippen LogP) is 1.08. The summed E-state index contributed by atoms with van der Waals surface area (Å²) in [7, 11) is 3.41. The van der Waals surface area contributed by atoms with E-state index in [1.807, 2.05) is 0 Å².